The third-order valence-electron chi connectivity index (χ3n) is 2.75. The number of nitrogens with zero attached hydrogens (tertiary/aromatic N) is 1. The minimum atomic E-state index is -0.0456. The highest BCUT2D eigenvalue weighted by atomic mass is 16.5. The molecule has 0 amide bonds. The molecule has 2 heterocycles. The first kappa shape index (κ1) is 8.59. The van der Waals surface area contributed by atoms with Gasteiger partial charge in [0.25, 0.3) is 0 Å². The third kappa shape index (κ3) is 1.33. The van der Waals surface area contributed by atoms with Gasteiger partial charge in [0.15, 0.2) is 17.6 Å². The number of rotatable bonds is 1. The molecular weight excluding hydrogens is 192 g/mol. The van der Waals surface area contributed by atoms with Crippen molar-refractivity contribution >= 4 is 5.84 Å². The number of aromatic hydroxyl groups is 1. The van der Waals surface area contributed by atoms with Gasteiger partial charge in [-0.25, -0.2) is 0 Å². The van der Waals surface area contributed by atoms with E-state index in [-0.39, 0.29) is 11.9 Å². The lowest BCUT2D eigenvalue weighted by Gasteiger charge is -2.10. The maximum absolute atomic E-state index is 9.61. The van der Waals surface area contributed by atoms with Gasteiger partial charge in [-0.1, -0.05) is 12.1 Å². The molecule has 4 nitrogen and oxygen atoms in total. The number of hydrogen-bond donors (Lipinski definition) is 2. The Morgan fingerprint density at radius 2 is 2.40 bits per heavy atom. The molecule has 0 fully saturated rings. The summed E-state index contributed by atoms with van der Waals surface area (Å²) in [5, 5.41) is 12.8. The fourth-order valence-corrected chi connectivity index (χ4v) is 2.04. The monoisotopic (exact) mass is 204 g/mol. The number of phenols is 1. The van der Waals surface area contributed by atoms with E-state index in [1.54, 1.807) is 6.07 Å². The number of benzene rings is 1. The summed E-state index contributed by atoms with van der Waals surface area (Å²) >= 11 is 0. The average molecular weight is 204 g/mol. The topological polar surface area (TPSA) is 53.9 Å². The Labute approximate surface area is 87.6 Å². The van der Waals surface area contributed by atoms with Gasteiger partial charge in [-0.05, 0) is 6.07 Å². The highest BCUT2D eigenvalue weighted by molar-refractivity contribution is 5.89. The van der Waals surface area contributed by atoms with Crippen LogP contribution >= 0.6 is 0 Å². The van der Waals surface area contributed by atoms with E-state index < -0.39 is 0 Å². The van der Waals surface area contributed by atoms with E-state index in [2.05, 4.69) is 10.3 Å². The summed E-state index contributed by atoms with van der Waals surface area (Å²) in [4.78, 5) is 4.33. The van der Waals surface area contributed by atoms with Gasteiger partial charge in [-0.3, -0.25) is 4.99 Å². The molecule has 1 aromatic rings. The van der Waals surface area contributed by atoms with E-state index in [1.807, 2.05) is 12.1 Å². The predicted molar refractivity (Wildman–Crippen MR) is 56.5 cm³/mol. The molecular formula is C11H12N2O2. The summed E-state index contributed by atoms with van der Waals surface area (Å²) in [5.74, 6) is 1.73. The summed E-state index contributed by atoms with van der Waals surface area (Å²) in [5.41, 5.74) is 1.05. The first-order valence-electron chi connectivity index (χ1n) is 5.10. The van der Waals surface area contributed by atoms with Crippen LogP contribution in [0.3, 0.4) is 0 Å². The summed E-state index contributed by atoms with van der Waals surface area (Å²) in [7, 11) is 0. The molecule has 1 atom stereocenters. The zero-order chi connectivity index (χ0) is 10.3. The zero-order valence-electron chi connectivity index (χ0n) is 8.23. The summed E-state index contributed by atoms with van der Waals surface area (Å²) in [6, 6.07) is 5.46. The van der Waals surface area contributed by atoms with Gasteiger partial charge in [0.1, 0.15) is 5.84 Å². The number of phenolic OH excluding ortho intramolecular Hbond substituents is 1. The Hall–Kier alpha value is -1.71. The van der Waals surface area contributed by atoms with Crippen LogP contribution in [0.1, 0.15) is 5.56 Å². The maximum Gasteiger partial charge on any atom is 0.165 e. The molecule has 4 heteroatoms. The van der Waals surface area contributed by atoms with Gasteiger partial charge in [0.2, 0.25) is 0 Å². The van der Waals surface area contributed by atoms with Crippen molar-refractivity contribution in [1.29, 1.82) is 0 Å². The maximum atomic E-state index is 9.61. The average Bonchev–Trinajstić information content (AvgIpc) is 2.86. The van der Waals surface area contributed by atoms with Crippen LogP contribution in [0, 0.1) is 0 Å². The number of nitrogens with one attached hydrogen (secondary N) is 1. The molecule has 0 spiro atoms. The van der Waals surface area contributed by atoms with Crippen molar-refractivity contribution in [1.82, 2.24) is 5.32 Å². The number of aliphatic imine (C=N–C) groups is 1. The first-order valence-corrected chi connectivity index (χ1v) is 5.10. The van der Waals surface area contributed by atoms with Crippen molar-refractivity contribution in [3.63, 3.8) is 0 Å². The molecule has 1 aromatic carbocycles. The normalized spacial score (nSPS) is 22.9. The molecule has 0 saturated heterocycles. The summed E-state index contributed by atoms with van der Waals surface area (Å²) in [6.45, 7) is 1.70. The predicted octanol–water partition coefficient (Wildman–Crippen LogP) is 0.697. The highest BCUT2D eigenvalue weighted by Gasteiger charge is 2.30. The van der Waals surface area contributed by atoms with E-state index in [4.69, 9.17) is 4.74 Å². The lowest BCUT2D eigenvalue weighted by Crippen LogP contribution is -2.34. The molecule has 0 radical (unpaired) electrons. The van der Waals surface area contributed by atoms with Crippen LogP contribution < -0.4 is 10.1 Å². The van der Waals surface area contributed by atoms with Crippen molar-refractivity contribution in [2.24, 2.45) is 4.99 Å². The largest absolute Gasteiger partial charge is 0.504 e. The molecule has 15 heavy (non-hydrogen) atoms. The molecule has 0 bridgehead atoms. The number of fused-ring (bicyclic) bond motifs is 1. The number of ether oxygens (including phenoxy) is 1. The lowest BCUT2D eigenvalue weighted by molar-refractivity contribution is 0.284. The molecule has 2 aliphatic heterocycles. The van der Waals surface area contributed by atoms with Crippen LogP contribution in [0.15, 0.2) is 23.2 Å². The number of hydrogen-bond acceptors (Lipinski definition) is 4. The Balaban J connectivity index is 1.89. The van der Waals surface area contributed by atoms with Gasteiger partial charge in [-0.2, -0.15) is 0 Å². The van der Waals surface area contributed by atoms with E-state index in [1.165, 1.54) is 0 Å². The molecule has 3 rings (SSSR count). The second-order valence-corrected chi connectivity index (χ2v) is 3.77. The molecule has 1 unspecified atom stereocenters. The van der Waals surface area contributed by atoms with Crippen LogP contribution in [-0.2, 0) is 6.42 Å². The highest BCUT2D eigenvalue weighted by Crippen LogP contribution is 2.37. The third-order valence-corrected chi connectivity index (χ3v) is 2.75. The minimum absolute atomic E-state index is 0.0456. The molecule has 0 saturated carbocycles. The second kappa shape index (κ2) is 3.15. The molecule has 2 N–H and O–H groups in total. The van der Waals surface area contributed by atoms with Gasteiger partial charge in [0.05, 0.1) is 6.54 Å². The van der Waals surface area contributed by atoms with Crippen LogP contribution in [0.25, 0.3) is 0 Å². The van der Waals surface area contributed by atoms with Gasteiger partial charge in [-0.15, -0.1) is 0 Å². The Morgan fingerprint density at radius 1 is 1.47 bits per heavy atom. The SMILES string of the molecule is Oc1cccc2c1OC(C1=NCCN1)C2. The number of amidine groups is 1. The Bertz CT molecular complexity index is 429. The Kier molecular flexibility index (Phi) is 1.80. The standard InChI is InChI=1S/C11H12N2O2/c14-8-3-1-2-7-6-9(15-10(7)8)11-12-4-5-13-11/h1-3,9,14H,4-6H2,(H,12,13). The van der Waals surface area contributed by atoms with Crippen LogP contribution in [0.4, 0.5) is 0 Å². The minimum Gasteiger partial charge on any atom is -0.504 e. The zero-order valence-corrected chi connectivity index (χ0v) is 8.23. The van der Waals surface area contributed by atoms with E-state index in [0.29, 0.717) is 5.75 Å². The van der Waals surface area contributed by atoms with Crippen molar-refractivity contribution in [3.8, 4) is 11.5 Å². The first-order chi connectivity index (χ1) is 7.34. The van der Waals surface area contributed by atoms with Crippen LogP contribution in [0.5, 0.6) is 11.5 Å². The molecule has 78 valence electrons. The van der Waals surface area contributed by atoms with Crippen molar-refractivity contribution < 1.29 is 9.84 Å². The van der Waals surface area contributed by atoms with Crippen molar-refractivity contribution in [2.45, 2.75) is 12.5 Å². The summed E-state index contributed by atoms with van der Waals surface area (Å²) in [6.07, 6.45) is 0.742. The fraction of sp³-hybridized carbons (Fsp3) is 0.364. The molecule has 2 aliphatic rings. The quantitative estimate of drug-likeness (QED) is 0.708. The molecule has 0 aromatic heterocycles. The van der Waals surface area contributed by atoms with Crippen LogP contribution in [0.2, 0.25) is 0 Å². The van der Waals surface area contributed by atoms with Gasteiger partial charge < -0.3 is 15.2 Å². The fourth-order valence-electron chi connectivity index (χ4n) is 2.04. The van der Waals surface area contributed by atoms with Gasteiger partial charge in [0, 0.05) is 18.5 Å². The second-order valence-electron chi connectivity index (χ2n) is 3.77. The molecule has 0 aliphatic carbocycles. The van der Waals surface area contributed by atoms with E-state index >= 15 is 0 Å². The Morgan fingerprint density at radius 3 is 3.13 bits per heavy atom. The van der Waals surface area contributed by atoms with Crippen molar-refractivity contribution in [2.75, 3.05) is 13.1 Å². The van der Waals surface area contributed by atoms with Crippen LogP contribution in [-0.4, -0.2) is 30.1 Å². The lowest BCUT2D eigenvalue weighted by atomic mass is 10.1. The van der Waals surface area contributed by atoms with Gasteiger partial charge >= 0.3 is 0 Å². The van der Waals surface area contributed by atoms with E-state index in [0.717, 1.165) is 30.9 Å². The number of para-hydroxylation sites is 1. The van der Waals surface area contributed by atoms with E-state index in [9.17, 15) is 5.11 Å². The van der Waals surface area contributed by atoms with Crippen molar-refractivity contribution in [3.05, 3.63) is 23.8 Å². The smallest absolute Gasteiger partial charge is 0.165 e. The summed E-state index contributed by atoms with van der Waals surface area (Å²) < 4.78 is 5.68.